The average Bonchev–Trinajstić information content (AvgIpc) is 2.60. The van der Waals surface area contributed by atoms with Gasteiger partial charge in [-0.25, -0.2) is 9.98 Å². The predicted octanol–water partition coefficient (Wildman–Crippen LogP) is 2.55. The van der Waals surface area contributed by atoms with E-state index in [1.54, 1.807) is 0 Å². The Morgan fingerprint density at radius 3 is 2.62 bits per heavy atom. The molecule has 2 N–H and O–H groups in total. The number of likely N-dealkylation sites (N-methyl/N-ethyl adjacent to an activating group) is 1. The summed E-state index contributed by atoms with van der Waals surface area (Å²) in [5.74, 6) is 2.65. The van der Waals surface area contributed by atoms with Crippen molar-refractivity contribution in [2.45, 2.75) is 33.7 Å². The third-order valence-electron chi connectivity index (χ3n) is 4.42. The normalized spacial score (nSPS) is 15.7. The summed E-state index contributed by atoms with van der Waals surface area (Å²) in [6.45, 7) is 13.3. The highest BCUT2D eigenvalue weighted by Gasteiger charge is 2.15. The lowest BCUT2D eigenvalue weighted by Crippen LogP contribution is -2.44. The van der Waals surface area contributed by atoms with E-state index in [1.165, 1.54) is 5.56 Å². The van der Waals surface area contributed by atoms with Crippen molar-refractivity contribution in [2.24, 2.45) is 10.9 Å². The van der Waals surface area contributed by atoms with Crippen LogP contribution in [0.3, 0.4) is 0 Å². The molecule has 1 aromatic rings. The molecule has 1 fully saturated rings. The molecule has 2 heterocycles. The lowest BCUT2D eigenvalue weighted by Gasteiger charge is -2.33. The molecule has 2 rings (SSSR count). The van der Waals surface area contributed by atoms with Crippen molar-refractivity contribution in [1.82, 2.24) is 20.5 Å². The molecule has 0 bridgehead atoms. The number of rotatable bonds is 7. The van der Waals surface area contributed by atoms with Gasteiger partial charge in [-0.2, -0.15) is 0 Å². The second-order valence-corrected chi connectivity index (χ2v) is 7.12. The monoisotopic (exact) mass is 474 g/mol. The van der Waals surface area contributed by atoms with Crippen LogP contribution in [0.4, 0.5) is 5.82 Å². The van der Waals surface area contributed by atoms with Gasteiger partial charge in [0.05, 0.1) is 6.54 Å². The molecule has 0 unspecified atom stereocenters. The van der Waals surface area contributed by atoms with E-state index in [4.69, 9.17) is 4.99 Å². The lowest BCUT2D eigenvalue weighted by atomic mass is 10.1. The maximum absolute atomic E-state index is 4.72. The molecule has 0 aliphatic carbocycles. The number of aromatic nitrogens is 1. The molecule has 7 heteroatoms. The number of nitrogens with zero attached hydrogens (tertiary/aromatic N) is 4. The van der Waals surface area contributed by atoms with Crippen LogP contribution in [-0.4, -0.2) is 62.2 Å². The molecule has 0 spiro atoms. The highest BCUT2D eigenvalue weighted by atomic mass is 127. The number of anilines is 1. The highest BCUT2D eigenvalue weighted by Crippen LogP contribution is 2.15. The number of guanidine groups is 1. The summed E-state index contributed by atoms with van der Waals surface area (Å²) >= 11 is 0. The van der Waals surface area contributed by atoms with E-state index in [1.807, 2.05) is 6.20 Å². The van der Waals surface area contributed by atoms with Crippen molar-refractivity contribution in [2.75, 3.05) is 51.2 Å². The minimum absolute atomic E-state index is 0. The molecular formula is C19H35IN6. The topological polar surface area (TPSA) is 55.8 Å². The molecule has 1 aromatic heterocycles. The molecule has 0 aromatic carbocycles. The molecule has 1 aliphatic rings. The smallest absolute Gasteiger partial charge is 0.191 e. The minimum Gasteiger partial charge on any atom is -0.357 e. The molecule has 148 valence electrons. The molecule has 1 saturated heterocycles. The first-order valence-corrected chi connectivity index (χ1v) is 9.49. The van der Waals surface area contributed by atoms with Crippen LogP contribution in [0.2, 0.25) is 0 Å². The summed E-state index contributed by atoms with van der Waals surface area (Å²) in [6.07, 6.45) is 3.05. The van der Waals surface area contributed by atoms with E-state index >= 15 is 0 Å². The van der Waals surface area contributed by atoms with E-state index in [-0.39, 0.29) is 24.0 Å². The number of nitrogens with one attached hydrogen (secondary N) is 2. The van der Waals surface area contributed by atoms with Gasteiger partial charge in [-0.1, -0.05) is 13.8 Å². The molecule has 1 aliphatic heterocycles. The van der Waals surface area contributed by atoms with E-state index < -0.39 is 0 Å². The van der Waals surface area contributed by atoms with Gasteiger partial charge in [-0.15, -0.1) is 24.0 Å². The fraction of sp³-hybridized carbons (Fsp3) is 0.684. The Kier molecular flexibility index (Phi) is 10.9. The molecule has 6 nitrogen and oxygen atoms in total. The van der Waals surface area contributed by atoms with Crippen LogP contribution in [0.1, 0.15) is 32.8 Å². The molecule has 0 saturated carbocycles. The minimum atomic E-state index is 0. The van der Waals surface area contributed by atoms with Crippen molar-refractivity contribution >= 4 is 35.8 Å². The van der Waals surface area contributed by atoms with Crippen LogP contribution < -0.4 is 15.5 Å². The van der Waals surface area contributed by atoms with Crippen molar-refractivity contribution < 1.29 is 0 Å². The number of hydrogen-bond donors (Lipinski definition) is 2. The fourth-order valence-corrected chi connectivity index (χ4v) is 2.76. The van der Waals surface area contributed by atoms with Gasteiger partial charge in [0.1, 0.15) is 5.82 Å². The summed E-state index contributed by atoms with van der Waals surface area (Å²) in [5, 5.41) is 6.73. The van der Waals surface area contributed by atoms with E-state index in [2.05, 4.69) is 65.4 Å². The maximum atomic E-state index is 4.72. The summed E-state index contributed by atoms with van der Waals surface area (Å²) in [5.41, 5.74) is 1.20. The molecule has 0 amide bonds. The quantitative estimate of drug-likeness (QED) is 0.362. The zero-order valence-electron chi connectivity index (χ0n) is 16.7. The summed E-state index contributed by atoms with van der Waals surface area (Å²) in [4.78, 5) is 14.0. The van der Waals surface area contributed by atoms with Gasteiger partial charge in [-0.05, 0) is 44.0 Å². The fourth-order valence-electron chi connectivity index (χ4n) is 2.76. The van der Waals surface area contributed by atoms with Gasteiger partial charge in [0.15, 0.2) is 5.96 Å². The molecule has 0 atom stereocenters. The predicted molar refractivity (Wildman–Crippen MR) is 122 cm³/mol. The van der Waals surface area contributed by atoms with Crippen molar-refractivity contribution in [3.05, 3.63) is 23.9 Å². The van der Waals surface area contributed by atoms with Crippen LogP contribution >= 0.6 is 24.0 Å². The number of aliphatic imine (C=N–C) groups is 1. The van der Waals surface area contributed by atoms with Gasteiger partial charge in [0.25, 0.3) is 0 Å². The highest BCUT2D eigenvalue weighted by molar-refractivity contribution is 14.0. The Labute approximate surface area is 175 Å². The molecule has 0 radical (unpaired) electrons. The number of piperazine rings is 1. The Bertz CT molecular complexity index is 541. The van der Waals surface area contributed by atoms with E-state index in [0.717, 1.165) is 57.5 Å². The van der Waals surface area contributed by atoms with Gasteiger partial charge in [-0.3, -0.25) is 0 Å². The standard InChI is InChI=1S/C19H34N6.HI/c1-5-20-19(22-8-6-16(2)3)23-15-17-7-9-21-18(14-17)25-12-10-24(4)11-13-25;/h7,9,14,16H,5-6,8,10-13,15H2,1-4H3,(H2,20,22,23);1H. The van der Waals surface area contributed by atoms with Crippen LogP contribution in [-0.2, 0) is 6.54 Å². The third-order valence-corrected chi connectivity index (χ3v) is 4.42. The van der Waals surface area contributed by atoms with Crippen LogP contribution in [0, 0.1) is 5.92 Å². The Morgan fingerprint density at radius 2 is 1.96 bits per heavy atom. The first-order valence-electron chi connectivity index (χ1n) is 9.49. The first-order chi connectivity index (χ1) is 12.1. The van der Waals surface area contributed by atoms with Crippen molar-refractivity contribution in [3.8, 4) is 0 Å². The van der Waals surface area contributed by atoms with E-state index in [9.17, 15) is 0 Å². The second kappa shape index (κ2) is 12.3. The Balaban J connectivity index is 0.00000338. The lowest BCUT2D eigenvalue weighted by molar-refractivity contribution is 0.312. The second-order valence-electron chi connectivity index (χ2n) is 7.12. The van der Waals surface area contributed by atoms with Crippen molar-refractivity contribution in [3.63, 3.8) is 0 Å². The van der Waals surface area contributed by atoms with E-state index in [0.29, 0.717) is 12.5 Å². The van der Waals surface area contributed by atoms with Crippen LogP contribution in [0.25, 0.3) is 0 Å². The summed E-state index contributed by atoms with van der Waals surface area (Å²) in [6, 6.07) is 4.23. The van der Waals surface area contributed by atoms with Crippen LogP contribution in [0.5, 0.6) is 0 Å². The van der Waals surface area contributed by atoms with Crippen LogP contribution in [0.15, 0.2) is 23.3 Å². The molecule has 26 heavy (non-hydrogen) atoms. The zero-order valence-corrected chi connectivity index (χ0v) is 19.0. The average molecular weight is 474 g/mol. The molecular weight excluding hydrogens is 439 g/mol. The first kappa shape index (κ1) is 23.0. The SMILES string of the molecule is CCNC(=NCc1ccnc(N2CCN(C)CC2)c1)NCCC(C)C.I. The maximum Gasteiger partial charge on any atom is 0.191 e. The number of hydrogen-bond acceptors (Lipinski definition) is 4. The zero-order chi connectivity index (χ0) is 18.1. The number of pyridine rings is 1. The third kappa shape index (κ3) is 8.07. The van der Waals surface area contributed by atoms with Crippen molar-refractivity contribution in [1.29, 1.82) is 0 Å². The largest absolute Gasteiger partial charge is 0.357 e. The number of halogens is 1. The summed E-state index contributed by atoms with van der Waals surface area (Å²) < 4.78 is 0. The van der Waals surface area contributed by atoms with Gasteiger partial charge < -0.3 is 20.4 Å². The Morgan fingerprint density at radius 1 is 1.23 bits per heavy atom. The van der Waals surface area contributed by atoms with Gasteiger partial charge in [0, 0.05) is 45.5 Å². The Hall–Kier alpha value is -1.09. The summed E-state index contributed by atoms with van der Waals surface area (Å²) in [7, 11) is 2.17. The van der Waals surface area contributed by atoms with Gasteiger partial charge >= 0.3 is 0 Å². The van der Waals surface area contributed by atoms with Gasteiger partial charge in [0.2, 0.25) is 0 Å².